The minimum absolute atomic E-state index is 0.884. The van der Waals surface area contributed by atoms with Crippen LogP contribution in [0, 0.1) is 0 Å². The molecule has 3 aromatic carbocycles. The van der Waals surface area contributed by atoms with Crippen LogP contribution < -0.4 is 4.90 Å². The van der Waals surface area contributed by atoms with Crippen molar-refractivity contribution in [2.24, 2.45) is 0 Å². The van der Waals surface area contributed by atoms with Crippen molar-refractivity contribution in [1.82, 2.24) is 0 Å². The Balaban J connectivity index is 1.83. The van der Waals surface area contributed by atoms with Gasteiger partial charge in [-0.15, -0.1) is 0 Å². The zero-order valence-corrected chi connectivity index (χ0v) is 14.2. The molecule has 0 N–H and O–H groups in total. The third kappa shape index (κ3) is 3.49. The number of hydrogen-bond acceptors (Lipinski definition) is 2. The normalized spacial score (nSPS) is 10.3. The van der Waals surface area contributed by atoms with Gasteiger partial charge in [0.1, 0.15) is 0 Å². The molecule has 0 unspecified atom stereocenters. The van der Waals surface area contributed by atoms with Crippen molar-refractivity contribution in [1.29, 1.82) is 0 Å². The lowest BCUT2D eigenvalue weighted by atomic mass is 10.00. The monoisotopic (exact) mass is 317 g/mol. The molecule has 3 rings (SSSR count). The van der Waals surface area contributed by atoms with Crippen molar-refractivity contribution in [3.63, 3.8) is 0 Å². The number of anilines is 1. The zero-order chi connectivity index (χ0) is 16.2. The predicted molar refractivity (Wildman–Crippen MR) is 103 cm³/mol. The quantitative estimate of drug-likeness (QED) is 0.481. The standard InChI is InChI=1S/C21H19NS/c1-22(2)20-14-12-19(13-15-20)21(23)18-10-8-17(9-11-18)16-6-4-3-5-7-16/h3-15H,1-2H3. The largest absolute Gasteiger partial charge is 0.378 e. The number of hydrogen-bond donors (Lipinski definition) is 0. The summed E-state index contributed by atoms with van der Waals surface area (Å²) in [5.41, 5.74) is 5.77. The Hall–Kier alpha value is -2.45. The first-order valence-electron chi connectivity index (χ1n) is 7.63. The summed E-state index contributed by atoms with van der Waals surface area (Å²) >= 11 is 5.64. The molecule has 2 heteroatoms. The van der Waals surface area contributed by atoms with Gasteiger partial charge in [-0.2, -0.15) is 0 Å². The van der Waals surface area contributed by atoms with Crippen LogP contribution in [0.2, 0.25) is 0 Å². The first-order chi connectivity index (χ1) is 11.1. The number of rotatable bonds is 4. The van der Waals surface area contributed by atoms with Crippen molar-refractivity contribution in [2.75, 3.05) is 19.0 Å². The Bertz CT molecular complexity index is 788. The third-order valence-corrected chi connectivity index (χ3v) is 4.37. The van der Waals surface area contributed by atoms with Gasteiger partial charge in [-0.05, 0) is 34.4 Å². The molecule has 0 saturated heterocycles. The van der Waals surface area contributed by atoms with E-state index in [-0.39, 0.29) is 0 Å². The van der Waals surface area contributed by atoms with Crippen molar-refractivity contribution in [3.05, 3.63) is 90.0 Å². The molecule has 0 saturated carbocycles. The average Bonchev–Trinajstić information content (AvgIpc) is 2.62. The lowest BCUT2D eigenvalue weighted by Gasteiger charge is -2.13. The summed E-state index contributed by atoms with van der Waals surface area (Å²) in [5.74, 6) is 0. The van der Waals surface area contributed by atoms with E-state index in [4.69, 9.17) is 12.2 Å². The van der Waals surface area contributed by atoms with E-state index in [1.807, 2.05) is 20.2 Å². The first kappa shape index (κ1) is 15.4. The molecule has 0 aliphatic rings. The Labute approximate surface area is 143 Å². The average molecular weight is 317 g/mol. The molecule has 3 aromatic rings. The smallest absolute Gasteiger partial charge is 0.0521 e. The van der Waals surface area contributed by atoms with Gasteiger partial charge in [0.25, 0.3) is 0 Å². The van der Waals surface area contributed by atoms with Crippen LogP contribution in [0.15, 0.2) is 78.9 Å². The van der Waals surface area contributed by atoms with E-state index in [9.17, 15) is 0 Å². The molecule has 0 spiro atoms. The minimum atomic E-state index is 0.884. The first-order valence-corrected chi connectivity index (χ1v) is 8.03. The van der Waals surface area contributed by atoms with Crippen LogP contribution in [0.4, 0.5) is 5.69 Å². The zero-order valence-electron chi connectivity index (χ0n) is 13.4. The second-order valence-electron chi connectivity index (χ2n) is 5.71. The van der Waals surface area contributed by atoms with Crippen LogP contribution in [0.5, 0.6) is 0 Å². The van der Waals surface area contributed by atoms with Gasteiger partial charge in [0.15, 0.2) is 0 Å². The summed E-state index contributed by atoms with van der Waals surface area (Å²) < 4.78 is 0. The van der Waals surface area contributed by atoms with Crippen molar-refractivity contribution >= 4 is 22.8 Å². The molecule has 0 atom stereocenters. The maximum Gasteiger partial charge on any atom is 0.0521 e. The van der Waals surface area contributed by atoms with E-state index in [1.54, 1.807) is 0 Å². The highest BCUT2D eigenvalue weighted by atomic mass is 32.1. The molecule has 23 heavy (non-hydrogen) atoms. The molecule has 0 aliphatic carbocycles. The molecule has 1 nitrogen and oxygen atoms in total. The minimum Gasteiger partial charge on any atom is -0.378 e. The molecule has 0 heterocycles. The fourth-order valence-corrected chi connectivity index (χ4v) is 2.79. The number of thiocarbonyl (C=S) groups is 1. The molecule has 0 amide bonds. The number of nitrogens with zero attached hydrogens (tertiary/aromatic N) is 1. The van der Waals surface area contributed by atoms with Gasteiger partial charge in [-0.3, -0.25) is 0 Å². The van der Waals surface area contributed by atoms with Crippen LogP contribution in [-0.4, -0.2) is 19.0 Å². The summed E-state index contributed by atoms with van der Waals surface area (Å²) in [7, 11) is 4.07. The maximum absolute atomic E-state index is 5.64. The summed E-state index contributed by atoms with van der Waals surface area (Å²) in [6, 6.07) is 27.2. The van der Waals surface area contributed by atoms with Gasteiger partial charge >= 0.3 is 0 Å². The Morgan fingerprint density at radius 3 is 1.65 bits per heavy atom. The Kier molecular flexibility index (Phi) is 4.54. The van der Waals surface area contributed by atoms with E-state index in [1.165, 1.54) is 16.8 Å². The van der Waals surface area contributed by atoms with Gasteiger partial charge in [0.05, 0.1) is 4.86 Å². The van der Waals surface area contributed by atoms with Crippen molar-refractivity contribution < 1.29 is 0 Å². The SMILES string of the molecule is CN(C)c1ccc(C(=S)c2ccc(-c3ccccc3)cc2)cc1. The summed E-state index contributed by atoms with van der Waals surface area (Å²) in [4.78, 5) is 2.97. The Morgan fingerprint density at radius 1 is 0.652 bits per heavy atom. The molecular weight excluding hydrogens is 298 g/mol. The molecule has 0 aromatic heterocycles. The van der Waals surface area contributed by atoms with Crippen LogP contribution in [0.25, 0.3) is 11.1 Å². The molecule has 0 radical (unpaired) electrons. The van der Waals surface area contributed by atoms with Crippen LogP contribution in [0.3, 0.4) is 0 Å². The van der Waals surface area contributed by atoms with Gasteiger partial charge in [-0.25, -0.2) is 0 Å². The Morgan fingerprint density at radius 2 is 1.13 bits per heavy atom. The van der Waals surface area contributed by atoms with Gasteiger partial charge in [0.2, 0.25) is 0 Å². The number of benzene rings is 3. The lowest BCUT2D eigenvalue weighted by Crippen LogP contribution is -2.08. The lowest BCUT2D eigenvalue weighted by molar-refractivity contribution is 1.13. The van der Waals surface area contributed by atoms with Gasteiger partial charge in [0, 0.05) is 19.8 Å². The maximum atomic E-state index is 5.64. The van der Waals surface area contributed by atoms with E-state index in [0.29, 0.717) is 0 Å². The highest BCUT2D eigenvalue weighted by molar-refractivity contribution is 7.81. The third-order valence-electron chi connectivity index (χ3n) is 3.90. The van der Waals surface area contributed by atoms with Gasteiger partial charge < -0.3 is 4.90 Å². The fourth-order valence-electron chi connectivity index (χ4n) is 2.52. The molecule has 0 bridgehead atoms. The highest BCUT2D eigenvalue weighted by Gasteiger charge is 2.06. The summed E-state index contributed by atoms with van der Waals surface area (Å²) in [5, 5.41) is 0. The van der Waals surface area contributed by atoms with Crippen LogP contribution in [-0.2, 0) is 0 Å². The molecule has 0 fully saturated rings. The predicted octanol–water partition coefficient (Wildman–Crippen LogP) is 5.19. The molecular formula is C21H19NS. The van der Waals surface area contributed by atoms with E-state index in [2.05, 4.69) is 77.7 Å². The van der Waals surface area contributed by atoms with E-state index in [0.717, 1.165) is 16.0 Å². The highest BCUT2D eigenvalue weighted by Crippen LogP contribution is 2.21. The second kappa shape index (κ2) is 6.76. The summed E-state index contributed by atoms with van der Waals surface area (Å²) in [6.45, 7) is 0. The topological polar surface area (TPSA) is 3.24 Å². The van der Waals surface area contributed by atoms with Crippen molar-refractivity contribution in [2.45, 2.75) is 0 Å². The van der Waals surface area contributed by atoms with Gasteiger partial charge in [-0.1, -0.05) is 78.9 Å². The summed E-state index contributed by atoms with van der Waals surface area (Å²) in [6.07, 6.45) is 0. The van der Waals surface area contributed by atoms with Crippen LogP contribution in [0.1, 0.15) is 11.1 Å². The van der Waals surface area contributed by atoms with Crippen molar-refractivity contribution in [3.8, 4) is 11.1 Å². The fraction of sp³-hybridized carbons (Fsp3) is 0.0952. The van der Waals surface area contributed by atoms with E-state index >= 15 is 0 Å². The van der Waals surface area contributed by atoms with Crippen LogP contribution >= 0.6 is 12.2 Å². The second-order valence-corrected chi connectivity index (χ2v) is 6.12. The molecule has 114 valence electrons. The van der Waals surface area contributed by atoms with E-state index < -0.39 is 0 Å². The molecule has 0 aliphatic heterocycles.